The highest BCUT2D eigenvalue weighted by Crippen LogP contribution is 2.39. The summed E-state index contributed by atoms with van der Waals surface area (Å²) in [5.41, 5.74) is -1.34. The summed E-state index contributed by atoms with van der Waals surface area (Å²) in [4.78, 5) is 27.4. The molecule has 2 N–H and O–H groups in total. The molecular formula is C20H39N3O5Si. The third kappa shape index (κ3) is 5.58. The number of hydrogen-bond acceptors (Lipinski definition) is 6. The Hall–Kier alpha value is -1.00. The van der Waals surface area contributed by atoms with Crippen LogP contribution >= 0.6 is 0 Å². The molecule has 2 heterocycles. The summed E-state index contributed by atoms with van der Waals surface area (Å²) in [5.74, 6) is -0.123. The monoisotopic (exact) mass is 429 g/mol. The van der Waals surface area contributed by atoms with Gasteiger partial charge in [0.2, 0.25) is 0 Å². The molecule has 3 amide bonds. The number of urea groups is 1. The highest BCUT2D eigenvalue weighted by molar-refractivity contribution is 6.60. The summed E-state index contributed by atoms with van der Waals surface area (Å²) >= 11 is 0. The third-order valence-corrected chi connectivity index (χ3v) is 8.52. The second-order valence-corrected chi connectivity index (χ2v) is 12.0. The topological polar surface area (TPSA) is 89.1 Å². The maximum atomic E-state index is 13.3. The minimum atomic E-state index is -2.79. The SMILES string of the molecule is CCO[Si](CCCN1C(=O)NC2(CC(C)(C)NC(C)(C)C2)C1=O)(OCC)OCC. The summed E-state index contributed by atoms with van der Waals surface area (Å²) < 4.78 is 17.6. The van der Waals surface area contributed by atoms with Gasteiger partial charge < -0.3 is 23.9 Å². The first kappa shape index (κ1) is 24.3. The molecule has 0 aromatic rings. The number of nitrogens with zero attached hydrogens (tertiary/aromatic N) is 1. The van der Waals surface area contributed by atoms with Crippen molar-refractivity contribution in [3.63, 3.8) is 0 Å². The largest absolute Gasteiger partial charge is 0.500 e. The molecule has 0 saturated carbocycles. The fraction of sp³-hybridized carbons (Fsp3) is 0.900. The van der Waals surface area contributed by atoms with E-state index in [0.29, 0.717) is 51.7 Å². The van der Waals surface area contributed by atoms with Gasteiger partial charge in [0, 0.05) is 43.5 Å². The zero-order chi connectivity index (χ0) is 21.9. The Balaban J connectivity index is 2.08. The van der Waals surface area contributed by atoms with Gasteiger partial charge in [-0.3, -0.25) is 9.69 Å². The molecule has 29 heavy (non-hydrogen) atoms. The summed E-state index contributed by atoms with van der Waals surface area (Å²) in [6.45, 7) is 15.9. The Morgan fingerprint density at radius 3 is 1.86 bits per heavy atom. The van der Waals surface area contributed by atoms with Crippen molar-refractivity contribution in [1.82, 2.24) is 15.5 Å². The second-order valence-electron chi connectivity index (χ2n) is 9.30. The zero-order valence-electron chi connectivity index (χ0n) is 19.1. The van der Waals surface area contributed by atoms with E-state index in [0.717, 1.165) is 0 Å². The third-order valence-electron chi connectivity index (χ3n) is 5.37. The van der Waals surface area contributed by atoms with Gasteiger partial charge >= 0.3 is 14.8 Å². The number of rotatable bonds is 10. The molecule has 0 radical (unpaired) electrons. The van der Waals surface area contributed by atoms with Crippen molar-refractivity contribution in [2.24, 2.45) is 0 Å². The van der Waals surface area contributed by atoms with Crippen molar-refractivity contribution in [3.05, 3.63) is 0 Å². The van der Waals surface area contributed by atoms with Gasteiger partial charge in [0.05, 0.1) is 0 Å². The summed E-state index contributed by atoms with van der Waals surface area (Å²) in [6, 6.07) is 0.269. The van der Waals surface area contributed by atoms with Crippen molar-refractivity contribution in [2.45, 2.75) is 90.4 Å². The van der Waals surface area contributed by atoms with Gasteiger partial charge in [-0.1, -0.05) is 0 Å². The van der Waals surface area contributed by atoms with Gasteiger partial charge in [0.25, 0.3) is 5.91 Å². The van der Waals surface area contributed by atoms with Gasteiger partial charge in [-0.2, -0.15) is 0 Å². The zero-order valence-corrected chi connectivity index (χ0v) is 20.1. The van der Waals surface area contributed by atoms with E-state index in [9.17, 15) is 9.59 Å². The van der Waals surface area contributed by atoms with Gasteiger partial charge in [-0.05, 0) is 67.7 Å². The number of hydrogen-bond donors (Lipinski definition) is 2. The number of amides is 3. The van der Waals surface area contributed by atoms with Crippen LogP contribution in [-0.4, -0.2) is 68.6 Å². The van der Waals surface area contributed by atoms with E-state index in [1.165, 1.54) is 4.90 Å². The molecule has 0 aliphatic carbocycles. The number of carbonyl (C=O) groups is 2. The standard InChI is InChI=1S/C20H39N3O5Si/c1-8-26-29(27-9-2,28-10-3)13-11-12-23-16(24)20(21-17(23)25)14-18(4,5)22-19(6,7)15-20/h22H,8-15H2,1-7H3,(H,21,25). The Morgan fingerprint density at radius 1 is 0.931 bits per heavy atom. The van der Waals surface area contributed by atoms with Crippen LogP contribution in [0.3, 0.4) is 0 Å². The van der Waals surface area contributed by atoms with E-state index in [4.69, 9.17) is 13.3 Å². The van der Waals surface area contributed by atoms with Crippen molar-refractivity contribution in [1.29, 1.82) is 0 Å². The minimum absolute atomic E-state index is 0.123. The second kappa shape index (κ2) is 9.01. The fourth-order valence-corrected chi connectivity index (χ4v) is 7.74. The summed E-state index contributed by atoms with van der Waals surface area (Å²) in [7, 11) is -2.79. The molecule has 2 saturated heterocycles. The van der Waals surface area contributed by atoms with Gasteiger partial charge in [-0.15, -0.1) is 0 Å². The van der Waals surface area contributed by atoms with Crippen LogP contribution in [0.2, 0.25) is 6.04 Å². The lowest BCUT2D eigenvalue weighted by Gasteiger charge is -2.50. The molecule has 0 aromatic carbocycles. The lowest BCUT2D eigenvalue weighted by atomic mass is 9.71. The first-order chi connectivity index (χ1) is 13.4. The van der Waals surface area contributed by atoms with E-state index >= 15 is 0 Å². The molecule has 168 valence electrons. The molecule has 2 fully saturated rings. The van der Waals surface area contributed by atoms with Crippen LogP contribution in [0.5, 0.6) is 0 Å². The number of imide groups is 1. The van der Waals surface area contributed by atoms with Gasteiger partial charge in [-0.25, -0.2) is 4.79 Å². The Kier molecular flexibility index (Phi) is 7.54. The molecule has 0 unspecified atom stereocenters. The van der Waals surface area contributed by atoms with Crippen molar-refractivity contribution >= 4 is 20.7 Å². The highest BCUT2D eigenvalue weighted by Gasteiger charge is 2.58. The molecule has 9 heteroatoms. The molecule has 0 atom stereocenters. The van der Waals surface area contributed by atoms with Crippen LogP contribution in [0.15, 0.2) is 0 Å². The van der Waals surface area contributed by atoms with E-state index < -0.39 is 14.3 Å². The van der Waals surface area contributed by atoms with Gasteiger partial charge in [0.15, 0.2) is 0 Å². The predicted octanol–water partition coefficient (Wildman–Crippen LogP) is 2.66. The predicted molar refractivity (Wildman–Crippen MR) is 114 cm³/mol. The minimum Gasteiger partial charge on any atom is -0.374 e. The Morgan fingerprint density at radius 2 is 1.41 bits per heavy atom. The lowest BCUT2D eigenvalue weighted by Crippen LogP contribution is -2.68. The highest BCUT2D eigenvalue weighted by atomic mass is 28.4. The molecule has 0 bridgehead atoms. The van der Waals surface area contributed by atoms with Crippen molar-refractivity contribution in [3.8, 4) is 0 Å². The molecule has 2 rings (SSSR count). The van der Waals surface area contributed by atoms with Crippen LogP contribution in [0.1, 0.15) is 67.7 Å². The van der Waals surface area contributed by atoms with E-state index in [1.54, 1.807) is 0 Å². The maximum Gasteiger partial charge on any atom is 0.500 e. The van der Waals surface area contributed by atoms with Crippen LogP contribution in [-0.2, 0) is 18.1 Å². The maximum absolute atomic E-state index is 13.3. The van der Waals surface area contributed by atoms with Crippen LogP contribution < -0.4 is 10.6 Å². The lowest BCUT2D eigenvalue weighted by molar-refractivity contribution is -0.134. The quantitative estimate of drug-likeness (QED) is 0.410. The Bertz CT molecular complexity index is 578. The first-order valence-electron chi connectivity index (χ1n) is 10.8. The van der Waals surface area contributed by atoms with Gasteiger partial charge in [0.1, 0.15) is 5.54 Å². The molecule has 1 spiro atoms. The number of carbonyl (C=O) groups excluding carboxylic acids is 2. The van der Waals surface area contributed by atoms with Crippen LogP contribution in [0.25, 0.3) is 0 Å². The smallest absolute Gasteiger partial charge is 0.374 e. The number of nitrogens with one attached hydrogen (secondary N) is 2. The molecule has 2 aliphatic heterocycles. The summed E-state index contributed by atoms with van der Waals surface area (Å²) in [6.07, 6.45) is 1.73. The average molecular weight is 430 g/mol. The van der Waals surface area contributed by atoms with Crippen LogP contribution in [0.4, 0.5) is 4.79 Å². The van der Waals surface area contributed by atoms with E-state index in [1.807, 2.05) is 20.8 Å². The fourth-order valence-electron chi connectivity index (χ4n) is 5.15. The molecule has 0 aromatic heterocycles. The number of piperidine rings is 1. The summed E-state index contributed by atoms with van der Waals surface area (Å²) in [5, 5.41) is 6.59. The van der Waals surface area contributed by atoms with E-state index in [2.05, 4.69) is 38.3 Å². The normalized spacial score (nSPS) is 22.9. The first-order valence-corrected chi connectivity index (χ1v) is 12.7. The van der Waals surface area contributed by atoms with Crippen molar-refractivity contribution in [2.75, 3.05) is 26.4 Å². The van der Waals surface area contributed by atoms with E-state index in [-0.39, 0.29) is 23.0 Å². The van der Waals surface area contributed by atoms with Crippen LogP contribution in [0, 0.1) is 0 Å². The molecular weight excluding hydrogens is 390 g/mol. The Labute approximate surface area is 176 Å². The average Bonchev–Trinajstić information content (AvgIpc) is 2.75. The molecule has 2 aliphatic rings. The van der Waals surface area contributed by atoms with Crippen molar-refractivity contribution < 1.29 is 22.9 Å². The molecule has 8 nitrogen and oxygen atoms in total.